The lowest BCUT2D eigenvalue weighted by Gasteiger charge is -2.37. The summed E-state index contributed by atoms with van der Waals surface area (Å²) < 4.78 is 5.46. The molecule has 3 atom stereocenters. The van der Waals surface area contributed by atoms with Gasteiger partial charge in [0.05, 0.1) is 25.4 Å². The molecule has 0 aromatic rings. The molecule has 0 aromatic heterocycles. The Bertz CT molecular complexity index is 292. The summed E-state index contributed by atoms with van der Waals surface area (Å²) in [6.45, 7) is 5.21. The van der Waals surface area contributed by atoms with Gasteiger partial charge in [-0.3, -0.25) is 4.79 Å². The SMILES string of the molecule is CC1COC(CO)CN1C(=O)CCC1CCCNC1. The van der Waals surface area contributed by atoms with Crippen LogP contribution in [-0.2, 0) is 9.53 Å². The Kier molecular flexibility index (Phi) is 5.60. The van der Waals surface area contributed by atoms with Gasteiger partial charge in [0.25, 0.3) is 0 Å². The number of rotatable bonds is 4. The number of hydrogen-bond donors (Lipinski definition) is 2. The van der Waals surface area contributed by atoms with Crippen molar-refractivity contribution >= 4 is 5.91 Å². The van der Waals surface area contributed by atoms with Crippen LogP contribution in [0, 0.1) is 5.92 Å². The van der Waals surface area contributed by atoms with Gasteiger partial charge in [-0.15, -0.1) is 0 Å². The van der Waals surface area contributed by atoms with Gasteiger partial charge in [-0.1, -0.05) is 0 Å². The van der Waals surface area contributed by atoms with Gasteiger partial charge in [-0.25, -0.2) is 0 Å². The third-order valence-corrected chi connectivity index (χ3v) is 4.19. The molecule has 0 aliphatic carbocycles. The molecule has 2 saturated heterocycles. The summed E-state index contributed by atoms with van der Waals surface area (Å²) in [6, 6.07) is 0.125. The molecule has 1 amide bonds. The molecule has 0 aromatic carbocycles. The van der Waals surface area contributed by atoms with Crippen LogP contribution >= 0.6 is 0 Å². The van der Waals surface area contributed by atoms with E-state index in [1.807, 2.05) is 11.8 Å². The summed E-state index contributed by atoms with van der Waals surface area (Å²) in [7, 11) is 0. The molecule has 0 spiro atoms. The van der Waals surface area contributed by atoms with Crippen LogP contribution in [0.3, 0.4) is 0 Å². The number of morpholine rings is 1. The fourth-order valence-corrected chi connectivity index (χ4v) is 2.92. The second kappa shape index (κ2) is 7.22. The first-order valence-corrected chi connectivity index (χ1v) is 7.43. The summed E-state index contributed by atoms with van der Waals surface area (Å²) in [6.07, 6.45) is 3.84. The van der Waals surface area contributed by atoms with Crippen molar-refractivity contribution in [3.63, 3.8) is 0 Å². The van der Waals surface area contributed by atoms with Crippen LogP contribution in [0.15, 0.2) is 0 Å². The summed E-state index contributed by atoms with van der Waals surface area (Å²) in [5.74, 6) is 0.850. The molecule has 0 saturated carbocycles. The molecule has 110 valence electrons. The maximum Gasteiger partial charge on any atom is 0.222 e. The van der Waals surface area contributed by atoms with E-state index in [-0.39, 0.29) is 24.7 Å². The predicted molar refractivity (Wildman–Crippen MR) is 72.8 cm³/mol. The van der Waals surface area contributed by atoms with Crippen molar-refractivity contribution in [2.24, 2.45) is 5.92 Å². The van der Waals surface area contributed by atoms with Crippen LogP contribution in [0.5, 0.6) is 0 Å². The van der Waals surface area contributed by atoms with E-state index in [0.29, 0.717) is 25.5 Å². The minimum absolute atomic E-state index is 0.0109. The average Bonchev–Trinajstić information content (AvgIpc) is 2.46. The van der Waals surface area contributed by atoms with Gasteiger partial charge in [0.2, 0.25) is 5.91 Å². The maximum atomic E-state index is 12.3. The highest BCUT2D eigenvalue weighted by atomic mass is 16.5. The molecule has 2 N–H and O–H groups in total. The first-order chi connectivity index (χ1) is 9.20. The Balaban J connectivity index is 1.77. The molecule has 2 heterocycles. The molecular formula is C14H26N2O3. The number of nitrogens with one attached hydrogen (secondary N) is 1. The first kappa shape index (κ1) is 14.8. The fourth-order valence-electron chi connectivity index (χ4n) is 2.92. The highest BCUT2D eigenvalue weighted by Gasteiger charge is 2.29. The number of hydrogen-bond acceptors (Lipinski definition) is 4. The van der Waals surface area contributed by atoms with Crippen LogP contribution < -0.4 is 5.32 Å². The van der Waals surface area contributed by atoms with Crippen molar-refractivity contribution in [2.45, 2.75) is 44.8 Å². The van der Waals surface area contributed by atoms with Crippen LogP contribution in [0.1, 0.15) is 32.6 Å². The summed E-state index contributed by atoms with van der Waals surface area (Å²) in [4.78, 5) is 14.2. The number of amides is 1. The van der Waals surface area contributed by atoms with E-state index in [0.717, 1.165) is 19.5 Å². The van der Waals surface area contributed by atoms with Crippen molar-refractivity contribution in [3.05, 3.63) is 0 Å². The molecular weight excluding hydrogens is 244 g/mol. The lowest BCUT2D eigenvalue weighted by molar-refractivity contribution is -0.146. The normalized spacial score (nSPS) is 32.3. The maximum absolute atomic E-state index is 12.3. The average molecular weight is 270 g/mol. The first-order valence-electron chi connectivity index (χ1n) is 7.43. The van der Waals surface area contributed by atoms with E-state index in [2.05, 4.69) is 5.32 Å². The zero-order valence-electron chi connectivity index (χ0n) is 11.8. The number of carbonyl (C=O) groups excluding carboxylic acids is 1. The van der Waals surface area contributed by atoms with Gasteiger partial charge in [-0.05, 0) is 45.2 Å². The molecule has 0 radical (unpaired) electrons. The van der Waals surface area contributed by atoms with E-state index < -0.39 is 0 Å². The van der Waals surface area contributed by atoms with Crippen molar-refractivity contribution in [1.82, 2.24) is 10.2 Å². The van der Waals surface area contributed by atoms with Crippen molar-refractivity contribution in [2.75, 3.05) is 32.8 Å². The van der Waals surface area contributed by atoms with Crippen LogP contribution in [-0.4, -0.2) is 60.9 Å². The lowest BCUT2D eigenvalue weighted by atomic mass is 9.94. The van der Waals surface area contributed by atoms with E-state index in [1.165, 1.54) is 12.8 Å². The number of aliphatic hydroxyl groups is 1. The highest BCUT2D eigenvalue weighted by Crippen LogP contribution is 2.19. The van der Waals surface area contributed by atoms with Crippen molar-refractivity contribution < 1.29 is 14.6 Å². The Morgan fingerprint density at radius 2 is 2.37 bits per heavy atom. The zero-order valence-corrected chi connectivity index (χ0v) is 11.8. The number of aliphatic hydroxyl groups excluding tert-OH is 1. The monoisotopic (exact) mass is 270 g/mol. The lowest BCUT2D eigenvalue weighted by Crippen LogP contribution is -2.52. The highest BCUT2D eigenvalue weighted by molar-refractivity contribution is 5.76. The Morgan fingerprint density at radius 3 is 3.05 bits per heavy atom. The van der Waals surface area contributed by atoms with Gasteiger partial charge < -0.3 is 20.1 Å². The number of carbonyl (C=O) groups is 1. The van der Waals surface area contributed by atoms with Crippen molar-refractivity contribution in [1.29, 1.82) is 0 Å². The second-order valence-corrected chi connectivity index (χ2v) is 5.78. The quantitative estimate of drug-likeness (QED) is 0.775. The molecule has 2 fully saturated rings. The zero-order chi connectivity index (χ0) is 13.7. The molecule has 2 aliphatic rings. The van der Waals surface area contributed by atoms with Crippen LogP contribution in [0.4, 0.5) is 0 Å². The standard InChI is InChI=1S/C14H26N2O3/c1-11-10-19-13(9-17)8-16(11)14(18)5-4-12-3-2-6-15-7-12/h11-13,15,17H,2-10H2,1H3. The van der Waals surface area contributed by atoms with Gasteiger partial charge in [0.15, 0.2) is 0 Å². The minimum Gasteiger partial charge on any atom is -0.394 e. The molecule has 3 unspecified atom stereocenters. The molecule has 5 nitrogen and oxygen atoms in total. The Morgan fingerprint density at radius 1 is 1.53 bits per heavy atom. The van der Waals surface area contributed by atoms with Gasteiger partial charge in [0.1, 0.15) is 0 Å². The topological polar surface area (TPSA) is 61.8 Å². The van der Waals surface area contributed by atoms with Crippen molar-refractivity contribution in [3.8, 4) is 0 Å². The number of nitrogens with zero attached hydrogens (tertiary/aromatic N) is 1. The van der Waals surface area contributed by atoms with Gasteiger partial charge >= 0.3 is 0 Å². The molecule has 5 heteroatoms. The van der Waals surface area contributed by atoms with Crippen LogP contribution in [0.2, 0.25) is 0 Å². The molecule has 19 heavy (non-hydrogen) atoms. The largest absolute Gasteiger partial charge is 0.394 e. The smallest absolute Gasteiger partial charge is 0.222 e. The number of piperidine rings is 1. The number of ether oxygens (including phenoxy) is 1. The van der Waals surface area contributed by atoms with Gasteiger partial charge in [-0.2, -0.15) is 0 Å². The van der Waals surface area contributed by atoms with E-state index >= 15 is 0 Å². The second-order valence-electron chi connectivity index (χ2n) is 5.78. The van der Waals surface area contributed by atoms with Crippen LogP contribution in [0.25, 0.3) is 0 Å². The van der Waals surface area contributed by atoms with E-state index in [1.54, 1.807) is 0 Å². The molecule has 2 rings (SSSR count). The molecule has 0 bridgehead atoms. The van der Waals surface area contributed by atoms with Gasteiger partial charge in [0, 0.05) is 13.0 Å². The summed E-state index contributed by atoms with van der Waals surface area (Å²) >= 11 is 0. The summed E-state index contributed by atoms with van der Waals surface area (Å²) in [5.41, 5.74) is 0. The van der Waals surface area contributed by atoms with E-state index in [4.69, 9.17) is 9.84 Å². The summed E-state index contributed by atoms with van der Waals surface area (Å²) in [5, 5.41) is 12.5. The third kappa shape index (κ3) is 4.16. The third-order valence-electron chi connectivity index (χ3n) is 4.19. The minimum atomic E-state index is -0.212. The van der Waals surface area contributed by atoms with E-state index in [9.17, 15) is 4.79 Å². The predicted octanol–water partition coefficient (Wildman–Crippen LogP) is 0.374. The molecule has 2 aliphatic heterocycles. The Labute approximate surface area is 115 Å². The fraction of sp³-hybridized carbons (Fsp3) is 0.929. The Hall–Kier alpha value is -0.650.